The summed E-state index contributed by atoms with van der Waals surface area (Å²) in [6.07, 6.45) is 0. The summed E-state index contributed by atoms with van der Waals surface area (Å²) >= 11 is 0. The normalized spacial score (nSPS) is 17.0. The number of rotatable bonds is 4. The molecule has 0 radical (unpaired) electrons. The van der Waals surface area contributed by atoms with Crippen molar-refractivity contribution in [2.45, 2.75) is 5.92 Å². The van der Waals surface area contributed by atoms with Crippen molar-refractivity contribution >= 4 is 22.4 Å². The number of anilines is 1. The zero-order valence-electron chi connectivity index (χ0n) is 17.3. The lowest BCUT2D eigenvalue weighted by molar-refractivity contribution is -0.136. The average molecular weight is 419 g/mol. The van der Waals surface area contributed by atoms with Crippen molar-refractivity contribution in [1.82, 2.24) is 0 Å². The maximum absolute atomic E-state index is 12.7. The molecule has 1 atom stereocenters. The molecule has 2 aliphatic heterocycles. The Kier molecular flexibility index (Phi) is 4.39. The summed E-state index contributed by atoms with van der Waals surface area (Å²) in [6.45, 7) is 0.170. The zero-order chi connectivity index (χ0) is 21.7. The predicted molar refractivity (Wildman–Crippen MR) is 115 cm³/mol. The van der Waals surface area contributed by atoms with Crippen LogP contribution < -0.4 is 19.5 Å². The van der Waals surface area contributed by atoms with E-state index in [1.807, 2.05) is 30.3 Å². The summed E-state index contributed by atoms with van der Waals surface area (Å²) in [6, 6.07) is 12.9. The first-order valence-electron chi connectivity index (χ1n) is 9.78. The van der Waals surface area contributed by atoms with E-state index in [9.17, 15) is 9.90 Å². The van der Waals surface area contributed by atoms with Crippen molar-refractivity contribution < 1.29 is 28.8 Å². The Bertz CT molecular complexity index is 1240. The Hall–Kier alpha value is -3.87. The fourth-order valence-electron chi connectivity index (χ4n) is 4.44. The van der Waals surface area contributed by atoms with Crippen LogP contribution in [0.15, 0.2) is 53.7 Å². The van der Waals surface area contributed by atoms with Crippen LogP contribution in [0.2, 0.25) is 0 Å². The molecule has 0 amide bonds. The van der Waals surface area contributed by atoms with Gasteiger partial charge in [-0.05, 0) is 40.8 Å². The average Bonchev–Trinajstić information content (AvgIpc) is 3.16. The summed E-state index contributed by atoms with van der Waals surface area (Å²) in [5.41, 5.74) is 3.81. The highest BCUT2D eigenvalue weighted by molar-refractivity contribution is 6.03. The zero-order valence-corrected chi connectivity index (χ0v) is 17.3. The second kappa shape index (κ2) is 7.12. The molecule has 0 aliphatic carbocycles. The van der Waals surface area contributed by atoms with E-state index in [4.69, 9.17) is 18.9 Å². The van der Waals surface area contributed by atoms with E-state index in [0.29, 0.717) is 28.5 Å². The molecular weight excluding hydrogens is 398 g/mol. The van der Waals surface area contributed by atoms with Gasteiger partial charge in [-0.3, -0.25) is 0 Å². The number of benzene rings is 3. The molecule has 0 fully saturated rings. The highest BCUT2D eigenvalue weighted by Crippen LogP contribution is 2.50. The molecule has 0 bridgehead atoms. The first kappa shape index (κ1) is 19.1. The topological polar surface area (TPSA) is 86.3 Å². The Morgan fingerprint density at radius 3 is 2.39 bits per heavy atom. The van der Waals surface area contributed by atoms with Gasteiger partial charge in [0.05, 0.1) is 38.3 Å². The highest BCUT2D eigenvalue weighted by Gasteiger charge is 2.39. The van der Waals surface area contributed by atoms with Crippen LogP contribution in [0.1, 0.15) is 17.0 Å². The molecule has 3 aromatic carbocycles. The van der Waals surface area contributed by atoms with E-state index in [2.05, 4.69) is 5.32 Å². The third-order valence-electron chi connectivity index (χ3n) is 5.83. The number of carbonyl (C=O) groups is 1. The largest absolute Gasteiger partial charge is 0.508 e. The minimum atomic E-state index is -0.401. The second-order valence-electron chi connectivity index (χ2n) is 7.42. The number of hydrogen-bond donors (Lipinski definition) is 2. The lowest BCUT2D eigenvalue weighted by Gasteiger charge is -2.29. The molecule has 5 rings (SSSR count). The first-order valence-corrected chi connectivity index (χ1v) is 9.78. The Morgan fingerprint density at radius 1 is 1.00 bits per heavy atom. The molecule has 2 aliphatic rings. The summed E-state index contributed by atoms with van der Waals surface area (Å²) in [7, 11) is 4.66. The lowest BCUT2D eigenvalue weighted by Crippen LogP contribution is -2.20. The van der Waals surface area contributed by atoms with E-state index < -0.39 is 5.92 Å². The number of hydrogen-bond acceptors (Lipinski definition) is 7. The smallest absolute Gasteiger partial charge is 0.337 e. The van der Waals surface area contributed by atoms with E-state index >= 15 is 0 Å². The van der Waals surface area contributed by atoms with Crippen LogP contribution >= 0.6 is 0 Å². The molecule has 31 heavy (non-hydrogen) atoms. The van der Waals surface area contributed by atoms with Crippen LogP contribution in [-0.2, 0) is 9.53 Å². The van der Waals surface area contributed by atoms with Crippen LogP contribution in [0.3, 0.4) is 0 Å². The summed E-state index contributed by atoms with van der Waals surface area (Å²) in [4.78, 5) is 12.7. The number of esters is 1. The summed E-state index contributed by atoms with van der Waals surface area (Å²) < 4.78 is 21.9. The molecule has 2 N–H and O–H groups in total. The van der Waals surface area contributed by atoms with Crippen LogP contribution in [0.4, 0.5) is 5.69 Å². The van der Waals surface area contributed by atoms with Crippen LogP contribution in [0.5, 0.6) is 23.0 Å². The number of carbonyl (C=O) groups excluding carboxylic acids is 1. The van der Waals surface area contributed by atoms with E-state index in [1.54, 1.807) is 33.5 Å². The van der Waals surface area contributed by atoms with Crippen molar-refractivity contribution in [3.63, 3.8) is 0 Å². The highest BCUT2D eigenvalue weighted by atomic mass is 16.5. The number of ether oxygens (including phenoxy) is 4. The van der Waals surface area contributed by atoms with Crippen molar-refractivity contribution in [2.24, 2.45) is 0 Å². The predicted octanol–water partition coefficient (Wildman–Crippen LogP) is 3.94. The quantitative estimate of drug-likeness (QED) is 0.620. The molecule has 7 nitrogen and oxygen atoms in total. The number of cyclic esters (lactones) is 1. The SMILES string of the molecule is COc1cc(C2C3=C(COC3=O)Nc3c2ccc2ccc(O)cc32)cc(OC)c1OC. The maximum atomic E-state index is 12.7. The van der Waals surface area contributed by atoms with Gasteiger partial charge < -0.3 is 29.4 Å². The monoisotopic (exact) mass is 419 g/mol. The molecule has 0 spiro atoms. The Labute approximate surface area is 178 Å². The fourth-order valence-corrected chi connectivity index (χ4v) is 4.44. The van der Waals surface area contributed by atoms with Crippen molar-refractivity contribution in [2.75, 3.05) is 33.3 Å². The number of nitrogens with one attached hydrogen (secondary N) is 1. The van der Waals surface area contributed by atoms with Crippen molar-refractivity contribution in [3.05, 3.63) is 64.9 Å². The molecule has 0 saturated heterocycles. The van der Waals surface area contributed by atoms with E-state index in [1.165, 1.54) is 0 Å². The number of phenols is 1. The van der Waals surface area contributed by atoms with Gasteiger partial charge in [0.15, 0.2) is 11.5 Å². The number of aromatic hydroxyl groups is 1. The number of methoxy groups -OCH3 is 3. The van der Waals surface area contributed by atoms with Gasteiger partial charge in [0.25, 0.3) is 0 Å². The molecule has 3 aromatic rings. The van der Waals surface area contributed by atoms with Gasteiger partial charge >= 0.3 is 5.97 Å². The first-order chi connectivity index (χ1) is 15.0. The Balaban J connectivity index is 1.80. The van der Waals surface area contributed by atoms with Crippen LogP contribution in [0.25, 0.3) is 10.8 Å². The van der Waals surface area contributed by atoms with E-state index in [-0.39, 0.29) is 18.3 Å². The summed E-state index contributed by atoms with van der Waals surface area (Å²) in [5, 5.41) is 15.3. The fraction of sp³-hybridized carbons (Fsp3) is 0.208. The summed E-state index contributed by atoms with van der Waals surface area (Å²) in [5.74, 6) is 0.900. The van der Waals surface area contributed by atoms with Crippen molar-refractivity contribution in [1.29, 1.82) is 0 Å². The third-order valence-corrected chi connectivity index (χ3v) is 5.83. The molecular formula is C24H21NO6. The standard InChI is InChI=1S/C24H21NO6/c1-28-18-8-13(9-19(29-2)23(18)30-3)20-15-7-5-12-4-6-14(26)10-16(12)22(15)25-17-11-31-24(27)21(17)20/h4-10,20,25-26H,11H2,1-3H3. The van der Waals surface area contributed by atoms with Gasteiger partial charge in [0.1, 0.15) is 12.4 Å². The van der Waals surface area contributed by atoms with Gasteiger partial charge in [-0.2, -0.15) is 0 Å². The number of fused-ring (bicyclic) bond motifs is 3. The maximum Gasteiger partial charge on any atom is 0.337 e. The molecule has 0 saturated carbocycles. The van der Waals surface area contributed by atoms with Gasteiger partial charge in [-0.15, -0.1) is 0 Å². The van der Waals surface area contributed by atoms with Crippen LogP contribution in [0, 0.1) is 0 Å². The second-order valence-corrected chi connectivity index (χ2v) is 7.42. The van der Waals surface area contributed by atoms with Gasteiger partial charge in [0.2, 0.25) is 5.75 Å². The van der Waals surface area contributed by atoms with Crippen LogP contribution in [-0.4, -0.2) is 39.0 Å². The van der Waals surface area contributed by atoms with Gasteiger partial charge in [0, 0.05) is 11.3 Å². The third kappa shape index (κ3) is 2.84. The van der Waals surface area contributed by atoms with E-state index in [0.717, 1.165) is 27.6 Å². The minimum Gasteiger partial charge on any atom is -0.508 e. The van der Waals surface area contributed by atoms with Gasteiger partial charge in [-0.1, -0.05) is 18.2 Å². The van der Waals surface area contributed by atoms with Gasteiger partial charge in [-0.25, -0.2) is 4.79 Å². The minimum absolute atomic E-state index is 0.170. The van der Waals surface area contributed by atoms with Crippen molar-refractivity contribution in [3.8, 4) is 23.0 Å². The lowest BCUT2D eigenvalue weighted by atomic mass is 9.80. The molecule has 0 aromatic heterocycles. The Morgan fingerprint density at radius 2 is 1.71 bits per heavy atom. The molecule has 2 heterocycles. The molecule has 158 valence electrons. The number of phenolic OH excluding ortho intramolecular Hbond substituents is 1. The molecule has 1 unspecified atom stereocenters. The molecule has 7 heteroatoms.